The van der Waals surface area contributed by atoms with Crippen molar-refractivity contribution in [3.63, 3.8) is 0 Å². The molecule has 12 heavy (non-hydrogen) atoms. The maximum Gasteiger partial charge on any atom is 0.493 e. The van der Waals surface area contributed by atoms with Gasteiger partial charge in [-0.1, -0.05) is 0 Å². The molecule has 64 valence electrons. The van der Waals surface area contributed by atoms with Crippen LogP contribution in [0.4, 0.5) is 13.2 Å². The Bertz CT molecular complexity index is 307. The van der Waals surface area contributed by atoms with Crippen molar-refractivity contribution in [2.75, 3.05) is 0 Å². The quantitative estimate of drug-likeness (QED) is 0.435. The molecule has 0 fully saturated rings. The van der Waals surface area contributed by atoms with Crippen LogP contribution in [0.3, 0.4) is 0 Å². The number of pyridine rings is 1. The zero-order chi connectivity index (χ0) is 9.30. The predicted octanol–water partition coefficient (Wildman–Crippen LogP) is -0.821. The van der Waals surface area contributed by atoms with E-state index in [4.69, 9.17) is 10.0 Å². The number of halogens is 3. The molecule has 1 aromatic rings. The number of aromatic nitrogens is 1. The summed E-state index contributed by atoms with van der Waals surface area (Å²) in [5.41, 5.74) is -0.797. The Morgan fingerprint density at radius 1 is 1.17 bits per heavy atom. The fourth-order valence-electron chi connectivity index (χ4n) is 0.637. The van der Waals surface area contributed by atoms with Crippen LogP contribution in [0.15, 0.2) is 6.20 Å². The van der Waals surface area contributed by atoms with E-state index < -0.39 is 30.2 Å². The van der Waals surface area contributed by atoms with Gasteiger partial charge in [0, 0.05) is 11.7 Å². The lowest BCUT2D eigenvalue weighted by Crippen LogP contribution is -2.34. The molecule has 1 aromatic heterocycles. The van der Waals surface area contributed by atoms with E-state index in [2.05, 4.69) is 4.98 Å². The van der Waals surface area contributed by atoms with E-state index in [9.17, 15) is 13.2 Å². The van der Waals surface area contributed by atoms with Crippen LogP contribution in [0.25, 0.3) is 0 Å². The molecule has 0 saturated heterocycles. The zero-order valence-corrected chi connectivity index (χ0v) is 5.63. The minimum atomic E-state index is -2.20. The molecule has 0 amide bonds. The molecule has 0 saturated carbocycles. The molecule has 1 rings (SSSR count). The van der Waals surface area contributed by atoms with Crippen molar-refractivity contribution in [1.29, 1.82) is 0 Å². The Balaban J connectivity index is 3.27. The zero-order valence-electron chi connectivity index (χ0n) is 5.63. The first-order valence-electron chi connectivity index (χ1n) is 2.89. The maximum absolute atomic E-state index is 12.5. The minimum Gasteiger partial charge on any atom is -0.423 e. The lowest BCUT2D eigenvalue weighted by molar-refractivity contribution is 0.408. The normalized spacial score (nSPS) is 10.1. The second kappa shape index (κ2) is 3.12. The predicted molar refractivity (Wildman–Crippen MR) is 33.9 cm³/mol. The minimum absolute atomic E-state index is 0.512. The summed E-state index contributed by atoms with van der Waals surface area (Å²) in [5.74, 6) is -5.07. The molecular formula is C5H3BF3NO2. The largest absolute Gasteiger partial charge is 0.493 e. The van der Waals surface area contributed by atoms with Crippen molar-refractivity contribution in [3.05, 3.63) is 23.8 Å². The van der Waals surface area contributed by atoms with E-state index in [-0.39, 0.29) is 0 Å². The lowest BCUT2D eigenvalue weighted by Gasteiger charge is -2.00. The highest BCUT2D eigenvalue weighted by Crippen LogP contribution is 2.04. The standard InChI is InChI=1S/C5H3BF3NO2/c7-3-2(6(11)12)1-10-5(9)4(3)8/h1,11-12H. The highest BCUT2D eigenvalue weighted by Gasteiger charge is 2.22. The Kier molecular flexibility index (Phi) is 2.34. The number of hydrogen-bond acceptors (Lipinski definition) is 3. The molecule has 0 aliphatic rings. The second-order valence-electron chi connectivity index (χ2n) is 2.01. The van der Waals surface area contributed by atoms with Gasteiger partial charge in [-0.3, -0.25) is 0 Å². The molecule has 7 heteroatoms. The first-order chi connectivity index (χ1) is 5.54. The van der Waals surface area contributed by atoms with Crippen LogP contribution in [0.2, 0.25) is 0 Å². The topological polar surface area (TPSA) is 53.4 Å². The van der Waals surface area contributed by atoms with Gasteiger partial charge in [-0.05, 0) is 0 Å². The van der Waals surface area contributed by atoms with Gasteiger partial charge in [-0.15, -0.1) is 0 Å². The van der Waals surface area contributed by atoms with Crippen molar-refractivity contribution < 1.29 is 23.2 Å². The van der Waals surface area contributed by atoms with Gasteiger partial charge in [-0.2, -0.15) is 8.78 Å². The van der Waals surface area contributed by atoms with E-state index in [0.717, 1.165) is 0 Å². The van der Waals surface area contributed by atoms with Crippen molar-refractivity contribution in [1.82, 2.24) is 4.98 Å². The van der Waals surface area contributed by atoms with Crippen LogP contribution in [-0.2, 0) is 0 Å². The van der Waals surface area contributed by atoms with E-state index >= 15 is 0 Å². The van der Waals surface area contributed by atoms with Gasteiger partial charge in [-0.25, -0.2) is 9.37 Å². The monoisotopic (exact) mass is 177 g/mol. The molecule has 0 atom stereocenters. The third kappa shape index (κ3) is 1.41. The first kappa shape index (κ1) is 9.02. The van der Waals surface area contributed by atoms with Crippen LogP contribution in [0, 0.1) is 17.6 Å². The molecule has 0 spiro atoms. The van der Waals surface area contributed by atoms with Gasteiger partial charge in [0.1, 0.15) is 0 Å². The summed E-state index contributed by atoms with van der Waals surface area (Å²) >= 11 is 0. The Hall–Kier alpha value is -1.08. The van der Waals surface area contributed by atoms with Gasteiger partial charge >= 0.3 is 7.12 Å². The third-order valence-corrected chi connectivity index (χ3v) is 1.22. The van der Waals surface area contributed by atoms with Gasteiger partial charge in [0.25, 0.3) is 5.95 Å². The number of rotatable bonds is 1. The highest BCUT2D eigenvalue weighted by molar-refractivity contribution is 6.58. The van der Waals surface area contributed by atoms with Gasteiger partial charge in [0.15, 0.2) is 5.82 Å². The SMILES string of the molecule is OB(O)c1cnc(F)c(F)c1F. The first-order valence-corrected chi connectivity index (χ1v) is 2.89. The van der Waals surface area contributed by atoms with Gasteiger partial charge in [0.2, 0.25) is 5.82 Å². The highest BCUT2D eigenvalue weighted by atomic mass is 19.2. The van der Waals surface area contributed by atoms with Gasteiger partial charge < -0.3 is 10.0 Å². The average molecular weight is 177 g/mol. The third-order valence-electron chi connectivity index (χ3n) is 1.22. The lowest BCUT2D eigenvalue weighted by atomic mass is 9.81. The molecule has 0 unspecified atom stereocenters. The van der Waals surface area contributed by atoms with Crippen molar-refractivity contribution in [2.24, 2.45) is 0 Å². The smallest absolute Gasteiger partial charge is 0.423 e. The Labute approximate surface area is 65.6 Å². The molecule has 3 nitrogen and oxygen atoms in total. The summed E-state index contributed by atoms with van der Waals surface area (Å²) in [4.78, 5) is 2.76. The summed E-state index contributed by atoms with van der Waals surface area (Å²) in [5, 5.41) is 16.8. The van der Waals surface area contributed by atoms with Crippen LogP contribution in [-0.4, -0.2) is 22.2 Å². The number of hydrogen-bond donors (Lipinski definition) is 2. The second-order valence-corrected chi connectivity index (χ2v) is 2.01. The summed E-state index contributed by atoms with van der Waals surface area (Å²) in [6.07, 6.45) is 0.512. The van der Waals surface area contributed by atoms with E-state index in [0.29, 0.717) is 6.20 Å². The fourth-order valence-corrected chi connectivity index (χ4v) is 0.637. The van der Waals surface area contributed by atoms with Crippen LogP contribution >= 0.6 is 0 Å². The van der Waals surface area contributed by atoms with Crippen molar-refractivity contribution in [2.45, 2.75) is 0 Å². The Morgan fingerprint density at radius 2 is 1.75 bits per heavy atom. The van der Waals surface area contributed by atoms with Crippen LogP contribution < -0.4 is 5.46 Å². The molecule has 1 heterocycles. The van der Waals surface area contributed by atoms with E-state index in [1.807, 2.05) is 0 Å². The van der Waals surface area contributed by atoms with Crippen LogP contribution in [0.5, 0.6) is 0 Å². The number of nitrogens with zero attached hydrogens (tertiary/aromatic N) is 1. The summed E-state index contributed by atoms with van der Waals surface area (Å²) in [7, 11) is -2.20. The van der Waals surface area contributed by atoms with Crippen molar-refractivity contribution in [3.8, 4) is 0 Å². The van der Waals surface area contributed by atoms with Gasteiger partial charge in [0.05, 0.1) is 0 Å². The molecule has 0 aliphatic carbocycles. The summed E-state index contributed by atoms with van der Waals surface area (Å²) in [6, 6.07) is 0. The molecule has 0 radical (unpaired) electrons. The summed E-state index contributed by atoms with van der Waals surface area (Å²) in [6.45, 7) is 0. The Morgan fingerprint density at radius 3 is 2.25 bits per heavy atom. The van der Waals surface area contributed by atoms with E-state index in [1.54, 1.807) is 0 Å². The van der Waals surface area contributed by atoms with Crippen molar-refractivity contribution >= 4 is 12.6 Å². The van der Waals surface area contributed by atoms with E-state index in [1.165, 1.54) is 0 Å². The maximum atomic E-state index is 12.5. The average Bonchev–Trinajstić information content (AvgIpc) is 2.00. The molecule has 0 aromatic carbocycles. The molecule has 0 bridgehead atoms. The van der Waals surface area contributed by atoms with Crippen LogP contribution in [0.1, 0.15) is 0 Å². The molecular weight excluding hydrogens is 174 g/mol. The summed E-state index contributed by atoms with van der Waals surface area (Å²) < 4.78 is 37.0. The fraction of sp³-hybridized carbons (Fsp3) is 0. The molecule has 0 aliphatic heterocycles. The molecule has 2 N–H and O–H groups in total.